The van der Waals surface area contributed by atoms with Gasteiger partial charge in [-0.3, -0.25) is 4.79 Å². The highest BCUT2D eigenvalue weighted by molar-refractivity contribution is 9.10. The van der Waals surface area contributed by atoms with E-state index < -0.39 is 5.60 Å². The summed E-state index contributed by atoms with van der Waals surface area (Å²) in [6.45, 7) is 2.95. The van der Waals surface area contributed by atoms with Crippen molar-refractivity contribution in [3.8, 4) is 0 Å². The largest absolute Gasteiger partial charge is 0.387 e. The number of hydrogen-bond donors (Lipinski definition) is 3. The number of carbonyl (C=O) groups is 1. The van der Waals surface area contributed by atoms with Crippen LogP contribution < -0.4 is 10.6 Å². The van der Waals surface area contributed by atoms with Gasteiger partial charge in [0.2, 0.25) is 5.91 Å². The van der Waals surface area contributed by atoms with E-state index >= 15 is 0 Å². The predicted octanol–water partition coefficient (Wildman–Crippen LogP) is 1.42. The molecular weight excluding hydrogens is 284 g/mol. The van der Waals surface area contributed by atoms with E-state index in [4.69, 9.17) is 0 Å². The number of amides is 1. The molecule has 1 amide bonds. The average Bonchev–Trinajstić information content (AvgIpc) is 2.21. The summed E-state index contributed by atoms with van der Waals surface area (Å²) in [6, 6.07) is 5.64. The Morgan fingerprint density at radius 1 is 1.59 bits per heavy atom. The van der Waals surface area contributed by atoms with Crippen LogP contribution in [0.1, 0.15) is 12.0 Å². The standard InChI is InChI=1S/C12H15BrN2O2/c1-8-2-3-9(4-10(8)13)15-11(16)5-12(17)6-14-7-12/h2-4,14,17H,5-7H2,1H3,(H,15,16). The van der Waals surface area contributed by atoms with Gasteiger partial charge in [-0.25, -0.2) is 0 Å². The normalized spacial score (nSPS) is 17.4. The average molecular weight is 299 g/mol. The van der Waals surface area contributed by atoms with Crippen LogP contribution in [0.4, 0.5) is 5.69 Å². The second kappa shape index (κ2) is 4.76. The van der Waals surface area contributed by atoms with Gasteiger partial charge in [0.05, 0.1) is 12.0 Å². The molecule has 0 atom stereocenters. The summed E-state index contributed by atoms with van der Waals surface area (Å²) in [4.78, 5) is 11.7. The van der Waals surface area contributed by atoms with Crippen molar-refractivity contribution in [2.75, 3.05) is 18.4 Å². The molecule has 0 aliphatic carbocycles. The molecule has 0 aromatic heterocycles. The van der Waals surface area contributed by atoms with Crippen molar-refractivity contribution < 1.29 is 9.90 Å². The maximum absolute atomic E-state index is 11.7. The number of hydrogen-bond acceptors (Lipinski definition) is 3. The summed E-state index contributed by atoms with van der Waals surface area (Å²) in [5, 5.41) is 15.6. The molecule has 4 nitrogen and oxygen atoms in total. The minimum absolute atomic E-state index is 0.130. The van der Waals surface area contributed by atoms with E-state index in [-0.39, 0.29) is 12.3 Å². The van der Waals surface area contributed by atoms with Gasteiger partial charge in [-0.1, -0.05) is 22.0 Å². The molecule has 2 rings (SSSR count). The van der Waals surface area contributed by atoms with Crippen LogP contribution in [-0.2, 0) is 4.79 Å². The van der Waals surface area contributed by atoms with E-state index in [1.54, 1.807) is 0 Å². The monoisotopic (exact) mass is 298 g/mol. The molecule has 1 aliphatic rings. The number of carbonyl (C=O) groups excluding carboxylic acids is 1. The van der Waals surface area contributed by atoms with Crippen molar-refractivity contribution in [3.63, 3.8) is 0 Å². The quantitative estimate of drug-likeness (QED) is 0.791. The first-order valence-electron chi connectivity index (χ1n) is 5.48. The van der Waals surface area contributed by atoms with E-state index in [9.17, 15) is 9.90 Å². The van der Waals surface area contributed by atoms with Gasteiger partial charge in [-0.15, -0.1) is 0 Å². The van der Waals surface area contributed by atoms with Crippen molar-refractivity contribution in [2.24, 2.45) is 0 Å². The Morgan fingerprint density at radius 2 is 2.29 bits per heavy atom. The Hall–Kier alpha value is -0.910. The highest BCUT2D eigenvalue weighted by Crippen LogP contribution is 2.22. The van der Waals surface area contributed by atoms with Crippen LogP contribution in [-0.4, -0.2) is 29.7 Å². The summed E-state index contributed by atoms with van der Waals surface area (Å²) < 4.78 is 0.958. The lowest BCUT2D eigenvalue weighted by Crippen LogP contribution is -2.60. The predicted molar refractivity (Wildman–Crippen MR) is 69.9 cm³/mol. The number of benzene rings is 1. The number of aryl methyl sites for hydroxylation is 1. The van der Waals surface area contributed by atoms with Crippen molar-refractivity contribution in [1.29, 1.82) is 0 Å². The lowest BCUT2D eigenvalue weighted by Gasteiger charge is -2.36. The highest BCUT2D eigenvalue weighted by Gasteiger charge is 2.36. The molecule has 0 radical (unpaired) electrons. The van der Waals surface area contributed by atoms with Gasteiger partial charge >= 0.3 is 0 Å². The first-order chi connectivity index (χ1) is 7.98. The lowest BCUT2D eigenvalue weighted by molar-refractivity contribution is -0.123. The van der Waals surface area contributed by atoms with Crippen LogP contribution in [0.25, 0.3) is 0 Å². The zero-order valence-corrected chi connectivity index (χ0v) is 11.2. The lowest BCUT2D eigenvalue weighted by atomic mass is 9.93. The zero-order chi connectivity index (χ0) is 12.5. The van der Waals surface area contributed by atoms with Crippen LogP contribution in [0.15, 0.2) is 22.7 Å². The molecule has 0 unspecified atom stereocenters. The fourth-order valence-electron chi connectivity index (χ4n) is 1.71. The molecule has 17 heavy (non-hydrogen) atoms. The molecule has 1 heterocycles. The minimum Gasteiger partial charge on any atom is -0.387 e. The third-order valence-corrected chi connectivity index (χ3v) is 3.71. The third-order valence-electron chi connectivity index (χ3n) is 2.85. The Morgan fingerprint density at radius 3 is 2.82 bits per heavy atom. The number of rotatable bonds is 3. The van der Waals surface area contributed by atoms with E-state index in [0.717, 1.165) is 15.7 Å². The Bertz CT molecular complexity index is 444. The number of anilines is 1. The van der Waals surface area contributed by atoms with Gasteiger partial charge in [0.15, 0.2) is 0 Å². The van der Waals surface area contributed by atoms with Crippen molar-refractivity contribution in [2.45, 2.75) is 18.9 Å². The van der Waals surface area contributed by atoms with E-state index in [1.807, 2.05) is 25.1 Å². The number of β-amino-alcohol motifs (C(OH)–C–C–N with tert-alkyl or cyclic N) is 1. The summed E-state index contributed by atoms with van der Waals surface area (Å²) in [6.07, 6.45) is 0.130. The SMILES string of the molecule is Cc1ccc(NC(=O)CC2(O)CNC2)cc1Br. The molecular formula is C12H15BrN2O2. The van der Waals surface area contributed by atoms with Gasteiger partial charge in [0.25, 0.3) is 0 Å². The summed E-state index contributed by atoms with van der Waals surface area (Å²) in [5.74, 6) is -0.162. The van der Waals surface area contributed by atoms with Crippen LogP contribution in [0.5, 0.6) is 0 Å². The Labute approximate surface area is 109 Å². The third kappa shape index (κ3) is 3.06. The molecule has 1 fully saturated rings. The molecule has 1 aromatic carbocycles. The van der Waals surface area contributed by atoms with Crippen molar-refractivity contribution >= 4 is 27.5 Å². The maximum atomic E-state index is 11.7. The number of nitrogens with one attached hydrogen (secondary N) is 2. The minimum atomic E-state index is -0.869. The summed E-state index contributed by atoms with van der Waals surface area (Å²) >= 11 is 3.41. The molecule has 1 aromatic rings. The van der Waals surface area contributed by atoms with Crippen LogP contribution >= 0.6 is 15.9 Å². The Kier molecular flexibility index (Phi) is 3.51. The van der Waals surface area contributed by atoms with E-state index in [1.165, 1.54) is 0 Å². The number of aliphatic hydroxyl groups is 1. The first kappa shape index (κ1) is 12.5. The smallest absolute Gasteiger partial charge is 0.227 e. The first-order valence-corrected chi connectivity index (χ1v) is 6.27. The van der Waals surface area contributed by atoms with Crippen LogP contribution in [0, 0.1) is 6.92 Å². The van der Waals surface area contributed by atoms with Crippen LogP contribution in [0.2, 0.25) is 0 Å². The van der Waals surface area contributed by atoms with E-state index in [0.29, 0.717) is 13.1 Å². The van der Waals surface area contributed by atoms with Gasteiger partial charge in [-0.2, -0.15) is 0 Å². The molecule has 3 N–H and O–H groups in total. The van der Waals surface area contributed by atoms with Crippen LogP contribution in [0.3, 0.4) is 0 Å². The second-order valence-corrected chi connectivity index (χ2v) is 5.37. The second-order valence-electron chi connectivity index (χ2n) is 4.52. The van der Waals surface area contributed by atoms with Gasteiger partial charge < -0.3 is 15.7 Å². The molecule has 92 valence electrons. The van der Waals surface area contributed by atoms with Crippen molar-refractivity contribution in [1.82, 2.24) is 5.32 Å². The zero-order valence-electron chi connectivity index (χ0n) is 9.59. The molecule has 5 heteroatoms. The molecule has 0 bridgehead atoms. The topological polar surface area (TPSA) is 61.4 Å². The van der Waals surface area contributed by atoms with Gasteiger partial charge in [-0.05, 0) is 24.6 Å². The van der Waals surface area contributed by atoms with Crippen molar-refractivity contribution in [3.05, 3.63) is 28.2 Å². The fourth-order valence-corrected chi connectivity index (χ4v) is 2.09. The van der Waals surface area contributed by atoms with Gasteiger partial charge in [0.1, 0.15) is 0 Å². The molecule has 1 aliphatic heterocycles. The van der Waals surface area contributed by atoms with Gasteiger partial charge in [0, 0.05) is 23.2 Å². The maximum Gasteiger partial charge on any atom is 0.227 e. The highest BCUT2D eigenvalue weighted by atomic mass is 79.9. The number of halogens is 1. The summed E-state index contributed by atoms with van der Waals surface area (Å²) in [7, 11) is 0. The van der Waals surface area contributed by atoms with E-state index in [2.05, 4.69) is 26.6 Å². The molecule has 1 saturated heterocycles. The molecule has 0 spiro atoms. The summed E-state index contributed by atoms with van der Waals surface area (Å²) in [5.41, 5.74) is 0.986. The molecule has 0 saturated carbocycles. The fraction of sp³-hybridized carbons (Fsp3) is 0.417. The Balaban J connectivity index is 1.95.